The third-order valence-corrected chi connectivity index (χ3v) is 6.65. The predicted octanol–water partition coefficient (Wildman–Crippen LogP) is 3.84. The molecule has 9 heteroatoms. The fourth-order valence-electron chi connectivity index (χ4n) is 3.94. The first-order valence-corrected chi connectivity index (χ1v) is 11.5. The van der Waals surface area contributed by atoms with Crippen LogP contribution in [0.25, 0.3) is 10.2 Å². The van der Waals surface area contributed by atoms with Crippen LogP contribution >= 0.6 is 11.3 Å². The number of nitrogens with one attached hydrogen (secondary N) is 1. The van der Waals surface area contributed by atoms with Crippen LogP contribution in [0.1, 0.15) is 34.7 Å². The normalized spacial score (nSPS) is 13.1. The molecule has 2 heterocycles. The molecule has 32 heavy (non-hydrogen) atoms. The molecular formula is C23H27N3O5S. The largest absolute Gasteiger partial charge is 0.493 e. The van der Waals surface area contributed by atoms with Gasteiger partial charge >= 0.3 is 5.97 Å². The van der Waals surface area contributed by atoms with Gasteiger partial charge in [-0.15, -0.1) is 11.3 Å². The van der Waals surface area contributed by atoms with Gasteiger partial charge in [-0.1, -0.05) is 6.07 Å². The van der Waals surface area contributed by atoms with Crippen molar-refractivity contribution in [3.05, 3.63) is 40.0 Å². The molecule has 2 aromatic heterocycles. The molecule has 8 nitrogen and oxygen atoms in total. The molecule has 0 fully saturated rings. The van der Waals surface area contributed by atoms with Gasteiger partial charge in [0.1, 0.15) is 23.1 Å². The maximum absolute atomic E-state index is 10.7. The van der Waals surface area contributed by atoms with Crippen LogP contribution in [-0.2, 0) is 35.3 Å². The lowest BCUT2D eigenvalue weighted by molar-refractivity contribution is -0.142. The molecule has 0 saturated heterocycles. The maximum Gasteiger partial charge on any atom is 0.329 e. The Morgan fingerprint density at radius 2 is 1.97 bits per heavy atom. The first-order valence-electron chi connectivity index (χ1n) is 10.6. The van der Waals surface area contributed by atoms with Crippen molar-refractivity contribution in [2.45, 2.75) is 38.6 Å². The standard InChI is InChI=1S/C23H27N3O5S/c1-29-16-8-7-14(11-17(16)30-2)12-24-22-21-15-5-3-4-6-18(15)32-23(21)26-19(25-22)9-10-31-13-20(27)28/h7-8,11H,3-6,9-10,12-13H2,1-2H3,(H,27,28)(H,24,25,26). The van der Waals surface area contributed by atoms with Crippen molar-refractivity contribution in [2.24, 2.45) is 0 Å². The summed E-state index contributed by atoms with van der Waals surface area (Å²) in [6, 6.07) is 5.84. The number of hydrogen-bond acceptors (Lipinski definition) is 8. The first kappa shape index (κ1) is 22.3. The zero-order valence-corrected chi connectivity index (χ0v) is 19.1. The highest BCUT2D eigenvalue weighted by Crippen LogP contribution is 2.39. The molecule has 170 valence electrons. The van der Waals surface area contributed by atoms with Gasteiger partial charge in [0, 0.05) is 17.8 Å². The summed E-state index contributed by atoms with van der Waals surface area (Å²) in [5.41, 5.74) is 2.41. The van der Waals surface area contributed by atoms with E-state index in [2.05, 4.69) is 5.32 Å². The number of carbonyl (C=O) groups is 1. The number of nitrogens with zero attached hydrogens (tertiary/aromatic N) is 2. The van der Waals surface area contributed by atoms with Gasteiger partial charge < -0.3 is 24.6 Å². The molecule has 0 radical (unpaired) electrons. The van der Waals surface area contributed by atoms with Crippen LogP contribution in [-0.4, -0.2) is 48.5 Å². The molecule has 2 N–H and O–H groups in total. The predicted molar refractivity (Wildman–Crippen MR) is 123 cm³/mol. The van der Waals surface area contributed by atoms with Gasteiger partial charge in [-0.25, -0.2) is 14.8 Å². The third kappa shape index (κ3) is 4.94. The Labute approximate surface area is 190 Å². The van der Waals surface area contributed by atoms with E-state index in [-0.39, 0.29) is 13.2 Å². The van der Waals surface area contributed by atoms with E-state index in [9.17, 15) is 4.79 Å². The molecular weight excluding hydrogens is 430 g/mol. The minimum atomic E-state index is -0.982. The molecule has 1 aliphatic carbocycles. The molecule has 1 aromatic carbocycles. The van der Waals surface area contributed by atoms with Crippen LogP contribution in [0.4, 0.5) is 5.82 Å². The van der Waals surface area contributed by atoms with E-state index in [1.165, 1.54) is 23.3 Å². The van der Waals surface area contributed by atoms with E-state index < -0.39 is 5.97 Å². The Morgan fingerprint density at radius 1 is 1.16 bits per heavy atom. The van der Waals surface area contributed by atoms with Gasteiger partial charge in [-0.3, -0.25) is 0 Å². The second kappa shape index (κ2) is 10.1. The fraction of sp³-hybridized carbons (Fsp3) is 0.435. The van der Waals surface area contributed by atoms with E-state index in [0.29, 0.717) is 30.3 Å². The number of methoxy groups -OCH3 is 2. The molecule has 0 amide bonds. The van der Waals surface area contributed by atoms with E-state index in [1.54, 1.807) is 25.6 Å². The summed E-state index contributed by atoms with van der Waals surface area (Å²) in [4.78, 5) is 22.6. The van der Waals surface area contributed by atoms with Crippen molar-refractivity contribution in [1.29, 1.82) is 0 Å². The van der Waals surface area contributed by atoms with E-state index >= 15 is 0 Å². The molecule has 0 bridgehead atoms. The van der Waals surface area contributed by atoms with Crippen molar-refractivity contribution in [1.82, 2.24) is 9.97 Å². The zero-order valence-electron chi connectivity index (χ0n) is 18.3. The van der Waals surface area contributed by atoms with Gasteiger partial charge in [0.25, 0.3) is 0 Å². The number of carboxylic acids is 1. The Balaban J connectivity index is 1.60. The Bertz CT molecular complexity index is 1110. The summed E-state index contributed by atoms with van der Waals surface area (Å²) in [6.07, 6.45) is 4.97. The van der Waals surface area contributed by atoms with Crippen molar-refractivity contribution >= 4 is 33.3 Å². The minimum Gasteiger partial charge on any atom is -0.493 e. The lowest BCUT2D eigenvalue weighted by Crippen LogP contribution is -2.11. The summed E-state index contributed by atoms with van der Waals surface area (Å²) >= 11 is 1.74. The van der Waals surface area contributed by atoms with Crippen molar-refractivity contribution in [3.8, 4) is 11.5 Å². The third-order valence-electron chi connectivity index (χ3n) is 5.46. The van der Waals surface area contributed by atoms with E-state index in [4.69, 9.17) is 29.3 Å². The molecule has 3 aromatic rings. The summed E-state index contributed by atoms with van der Waals surface area (Å²) in [5, 5.41) is 13.4. The minimum absolute atomic E-state index is 0.262. The van der Waals surface area contributed by atoms with Gasteiger partial charge in [0.15, 0.2) is 11.5 Å². The number of aryl methyl sites for hydroxylation is 2. The van der Waals surface area contributed by atoms with Crippen LogP contribution < -0.4 is 14.8 Å². The lowest BCUT2D eigenvalue weighted by atomic mass is 9.97. The number of carboxylic acid groups (broad SMARTS) is 1. The Morgan fingerprint density at radius 3 is 2.75 bits per heavy atom. The zero-order chi connectivity index (χ0) is 22.5. The van der Waals surface area contributed by atoms with Gasteiger partial charge in [-0.2, -0.15) is 0 Å². The highest BCUT2D eigenvalue weighted by Gasteiger charge is 2.21. The fourth-order valence-corrected chi connectivity index (χ4v) is 5.22. The summed E-state index contributed by atoms with van der Waals surface area (Å²) in [5.74, 6) is 1.86. The molecule has 0 spiro atoms. The molecule has 0 atom stereocenters. The smallest absolute Gasteiger partial charge is 0.329 e. The van der Waals surface area contributed by atoms with Crippen molar-refractivity contribution < 1.29 is 24.1 Å². The number of thiophene rings is 1. The molecule has 0 saturated carbocycles. The molecule has 0 aliphatic heterocycles. The van der Waals surface area contributed by atoms with Crippen LogP contribution in [0.2, 0.25) is 0 Å². The SMILES string of the molecule is COc1ccc(CNc2nc(CCOCC(=O)O)nc3sc4c(c23)CCCC4)cc1OC. The average Bonchev–Trinajstić information content (AvgIpc) is 3.18. The molecule has 4 rings (SSSR count). The number of anilines is 1. The Kier molecular flexibility index (Phi) is 7.06. The number of fused-ring (bicyclic) bond motifs is 3. The summed E-state index contributed by atoms with van der Waals surface area (Å²) in [7, 11) is 3.24. The Hall–Kier alpha value is -2.91. The lowest BCUT2D eigenvalue weighted by Gasteiger charge is -2.14. The quantitative estimate of drug-likeness (QED) is 0.443. The van der Waals surface area contributed by atoms with Crippen LogP contribution in [0.5, 0.6) is 11.5 Å². The van der Waals surface area contributed by atoms with E-state index in [0.717, 1.165) is 34.4 Å². The number of hydrogen-bond donors (Lipinski definition) is 2. The van der Waals surface area contributed by atoms with Gasteiger partial charge in [-0.05, 0) is 48.9 Å². The second-order valence-electron chi connectivity index (χ2n) is 7.62. The first-order chi connectivity index (χ1) is 15.6. The number of aromatic nitrogens is 2. The van der Waals surface area contributed by atoms with Crippen molar-refractivity contribution in [2.75, 3.05) is 32.8 Å². The number of rotatable bonds is 10. The number of aliphatic carboxylic acids is 1. The second-order valence-corrected chi connectivity index (χ2v) is 8.70. The maximum atomic E-state index is 10.7. The topological polar surface area (TPSA) is 103 Å². The summed E-state index contributed by atoms with van der Waals surface area (Å²) < 4.78 is 15.9. The number of ether oxygens (including phenoxy) is 3. The van der Waals surface area contributed by atoms with Crippen LogP contribution in [0, 0.1) is 0 Å². The summed E-state index contributed by atoms with van der Waals surface area (Å²) in [6.45, 7) is 0.518. The highest BCUT2D eigenvalue weighted by atomic mass is 32.1. The molecule has 1 aliphatic rings. The monoisotopic (exact) mass is 457 g/mol. The van der Waals surface area contributed by atoms with Crippen LogP contribution in [0.3, 0.4) is 0 Å². The average molecular weight is 458 g/mol. The molecule has 0 unspecified atom stereocenters. The van der Waals surface area contributed by atoms with Gasteiger partial charge in [0.05, 0.1) is 26.2 Å². The van der Waals surface area contributed by atoms with Crippen molar-refractivity contribution in [3.63, 3.8) is 0 Å². The van der Waals surface area contributed by atoms with Crippen LogP contribution in [0.15, 0.2) is 18.2 Å². The van der Waals surface area contributed by atoms with E-state index in [1.807, 2.05) is 18.2 Å². The highest BCUT2D eigenvalue weighted by molar-refractivity contribution is 7.19. The number of benzene rings is 1. The van der Waals surface area contributed by atoms with Gasteiger partial charge in [0.2, 0.25) is 0 Å².